The fraction of sp³-hybridized carbons (Fsp3) is 0. The summed E-state index contributed by atoms with van der Waals surface area (Å²) in [6.07, 6.45) is 0. The van der Waals surface area contributed by atoms with Gasteiger partial charge in [-0.2, -0.15) is 0 Å². The first-order chi connectivity index (χ1) is 33.3. The van der Waals surface area contributed by atoms with Crippen molar-refractivity contribution in [2.24, 2.45) is 0 Å². The molecule has 3 heteroatoms. The zero-order chi connectivity index (χ0) is 44.3. The molecule has 3 nitrogen and oxygen atoms in total. The van der Waals surface area contributed by atoms with E-state index in [-0.39, 0.29) is 0 Å². The third-order valence-corrected chi connectivity index (χ3v) is 13.4. The molecule has 0 unspecified atom stereocenters. The Labute approximate surface area is 388 Å². The normalized spacial score (nSPS) is 11.6. The Hall–Kier alpha value is -8.92. The molecule has 0 atom stereocenters. The minimum absolute atomic E-state index is 0.897. The van der Waals surface area contributed by atoms with Gasteiger partial charge >= 0.3 is 0 Å². The van der Waals surface area contributed by atoms with E-state index in [0.717, 1.165) is 78.1 Å². The number of para-hydroxylation sites is 6. The van der Waals surface area contributed by atoms with E-state index in [1.807, 2.05) is 12.1 Å². The molecule has 0 saturated carbocycles. The van der Waals surface area contributed by atoms with Crippen molar-refractivity contribution in [3.05, 3.63) is 255 Å². The lowest BCUT2D eigenvalue weighted by Crippen LogP contribution is -2.11. The molecule has 2 heterocycles. The van der Waals surface area contributed by atoms with Gasteiger partial charge in [-0.1, -0.05) is 200 Å². The van der Waals surface area contributed by atoms with Crippen LogP contribution >= 0.6 is 0 Å². The highest BCUT2D eigenvalue weighted by molar-refractivity contribution is 6.11. The fourth-order valence-corrected chi connectivity index (χ4v) is 10.4. The average Bonchev–Trinajstić information content (AvgIpc) is 3.95. The molecule has 0 spiro atoms. The average molecular weight is 855 g/mol. The summed E-state index contributed by atoms with van der Waals surface area (Å²) in [7, 11) is 0. The van der Waals surface area contributed by atoms with E-state index in [4.69, 9.17) is 4.42 Å². The first-order valence-electron chi connectivity index (χ1n) is 22.9. The van der Waals surface area contributed by atoms with Gasteiger partial charge in [-0.05, 0) is 93.2 Å². The molecule has 0 aliphatic carbocycles. The Morgan fingerprint density at radius 2 is 0.761 bits per heavy atom. The molecule has 0 bridgehead atoms. The van der Waals surface area contributed by atoms with Crippen molar-refractivity contribution in [3.63, 3.8) is 0 Å². The number of hydrogen-bond acceptors (Lipinski definition) is 2. The lowest BCUT2D eigenvalue weighted by Gasteiger charge is -2.29. The van der Waals surface area contributed by atoms with E-state index in [2.05, 4.69) is 252 Å². The first-order valence-corrected chi connectivity index (χ1v) is 22.9. The maximum Gasteiger partial charge on any atom is 0.143 e. The summed E-state index contributed by atoms with van der Waals surface area (Å²) in [6.45, 7) is 0. The van der Waals surface area contributed by atoms with Crippen LogP contribution in [0.3, 0.4) is 0 Å². The Morgan fingerprint density at radius 3 is 1.48 bits per heavy atom. The molecule has 13 aromatic rings. The number of furan rings is 1. The summed E-state index contributed by atoms with van der Waals surface area (Å²) in [4.78, 5) is 2.41. The SMILES string of the molecule is c1ccc(-c2ccccc2-n2c3ccccc3c3ccccc32)c(-c2ccccc2N(c2ccc(-c3cccc4ccccc34)cc2)c2ccc(-c3cccc4c3oc3ccccc34)cc2)c1. The monoisotopic (exact) mass is 854 g/mol. The zero-order valence-corrected chi connectivity index (χ0v) is 36.6. The Bertz CT molecular complexity index is 3930. The summed E-state index contributed by atoms with van der Waals surface area (Å²) >= 11 is 0. The molecular weight excluding hydrogens is 813 g/mol. The van der Waals surface area contributed by atoms with Gasteiger partial charge in [-0.25, -0.2) is 0 Å². The predicted octanol–water partition coefficient (Wildman–Crippen LogP) is 18.0. The maximum atomic E-state index is 6.50. The highest BCUT2D eigenvalue weighted by Crippen LogP contribution is 2.46. The van der Waals surface area contributed by atoms with Crippen molar-refractivity contribution in [2.75, 3.05) is 4.90 Å². The van der Waals surface area contributed by atoms with Gasteiger partial charge < -0.3 is 13.9 Å². The molecular formula is C64H42N2O. The van der Waals surface area contributed by atoms with E-state index in [0.29, 0.717) is 0 Å². The van der Waals surface area contributed by atoms with Gasteiger partial charge in [0, 0.05) is 49.6 Å². The zero-order valence-electron chi connectivity index (χ0n) is 36.6. The molecule has 314 valence electrons. The number of anilines is 3. The van der Waals surface area contributed by atoms with Crippen LogP contribution in [-0.2, 0) is 0 Å². The smallest absolute Gasteiger partial charge is 0.143 e. The number of rotatable bonds is 8. The minimum atomic E-state index is 0.897. The van der Waals surface area contributed by atoms with E-state index in [9.17, 15) is 0 Å². The largest absolute Gasteiger partial charge is 0.455 e. The predicted molar refractivity (Wildman–Crippen MR) is 282 cm³/mol. The van der Waals surface area contributed by atoms with Gasteiger partial charge in [0.1, 0.15) is 11.2 Å². The second-order valence-corrected chi connectivity index (χ2v) is 17.2. The standard InChI is InChI=1S/C64H42N2O/c1-2-19-48-43(17-1)18-15-27-49(48)44-35-39-46(40-36-44)65(47-41-37-45(38-42-47)50-28-16-29-58-57-26-9-14-34-63(57)67-64(50)58)59-30-10-5-22-53(59)51-20-3-4-21-52(51)54-23-6-11-31-60(54)66-61-32-12-7-24-55(61)56-25-8-13-33-62(56)66/h1-42H. The van der Waals surface area contributed by atoms with Crippen LogP contribution in [0.15, 0.2) is 259 Å². The quantitative estimate of drug-likeness (QED) is 0.152. The Kier molecular flexibility index (Phi) is 9.17. The summed E-state index contributed by atoms with van der Waals surface area (Å²) in [5.41, 5.74) is 17.7. The van der Waals surface area contributed by atoms with Crippen molar-refractivity contribution in [2.45, 2.75) is 0 Å². The van der Waals surface area contributed by atoms with E-state index >= 15 is 0 Å². The van der Waals surface area contributed by atoms with Crippen LogP contribution in [0.5, 0.6) is 0 Å². The van der Waals surface area contributed by atoms with Gasteiger partial charge in [-0.15, -0.1) is 0 Å². The van der Waals surface area contributed by atoms with Crippen molar-refractivity contribution in [3.8, 4) is 50.2 Å². The Balaban J connectivity index is 0.978. The minimum Gasteiger partial charge on any atom is -0.455 e. The molecule has 0 fully saturated rings. The summed E-state index contributed by atoms with van der Waals surface area (Å²) < 4.78 is 8.93. The highest BCUT2D eigenvalue weighted by atomic mass is 16.3. The molecule has 0 radical (unpaired) electrons. The molecule has 0 aliphatic rings. The first kappa shape index (κ1) is 38.5. The van der Waals surface area contributed by atoms with Crippen molar-refractivity contribution in [1.82, 2.24) is 4.57 Å². The molecule has 11 aromatic carbocycles. The highest BCUT2D eigenvalue weighted by Gasteiger charge is 2.22. The van der Waals surface area contributed by atoms with Crippen LogP contribution in [0.4, 0.5) is 17.1 Å². The molecule has 67 heavy (non-hydrogen) atoms. The molecule has 0 amide bonds. The van der Waals surface area contributed by atoms with Crippen molar-refractivity contribution in [1.29, 1.82) is 0 Å². The van der Waals surface area contributed by atoms with Gasteiger partial charge in [0.15, 0.2) is 0 Å². The van der Waals surface area contributed by atoms with Gasteiger partial charge in [0.2, 0.25) is 0 Å². The number of hydrogen-bond donors (Lipinski definition) is 0. The Morgan fingerprint density at radius 1 is 0.299 bits per heavy atom. The van der Waals surface area contributed by atoms with E-state index < -0.39 is 0 Å². The number of aromatic nitrogens is 1. The van der Waals surface area contributed by atoms with Crippen LogP contribution in [-0.4, -0.2) is 4.57 Å². The van der Waals surface area contributed by atoms with Crippen molar-refractivity contribution < 1.29 is 4.42 Å². The maximum absolute atomic E-state index is 6.50. The fourth-order valence-electron chi connectivity index (χ4n) is 10.4. The molecule has 0 aliphatic heterocycles. The molecule has 13 rings (SSSR count). The topological polar surface area (TPSA) is 21.3 Å². The van der Waals surface area contributed by atoms with Crippen LogP contribution in [0.25, 0.3) is 105 Å². The molecule has 2 aromatic heterocycles. The van der Waals surface area contributed by atoms with Gasteiger partial charge in [0.25, 0.3) is 0 Å². The summed E-state index contributed by atoms with van der Waals surface area (Å²) in [5.74, 6) is 0. The molecule has 0 saturated heterocycles. The lowest BCUT2D eigenvalue weighted by atomic mass is 9.92. The summed E-state index contributed by atoms with van der Waals surface area (Å²) in [5, 5.41) is 7.22. The van der Waals surface area contributed by atoms with Crippen LogP contribution in [0, 0.1) is 0 Å². The number of nitrogens with zero attached hydrogens (tertiary/aromatic N) is 2. The van der Waals surface area contributed by atoms with Gasteiger partial charge in [0.05, 0.1) is 22.4 Å². The van der Waals surface area contributed by atoms with E-state index in [1.165, 1.54) is 43.7 Å². The second kappa shape index (κ2) is 16.0. The van der Waals surface area contributed by atoms with Crippen LogP contribution in [0.1, 0.15) is 0 Å². The van der Waals surface area contributed by atoms with E-state index in [1.54, 1.807) is 0 Å². The number of benzene rings is 11. The van der Waals surface area contributed by atoms with Crippen LogP contribution < -0.4 is 4.90 Å². The van der Waals surface area contributed by atoms with Crippen LogP contribution in [0.2, 0.25) is 0 Å². The lowest BCUT2D eigenvalue weighted by molar-refractivity contribution is 0.670. The van der Waals surface area contributed by atoms with Crippen molar-refractivity contribution >= 4 is 71.6 Å². The third kappa shape index (κ3) is 6.43. The number of fused-ring (bicyclic) bond motifs is 7. The third-order valence-electron chi connectivity index (χ3n) is 13.4. The second-order valence-electron chi connectivity index (χ2n) is 17.2. The molecule has 0 N–H and O–H groups in total. The summed E-state index contributed by atoms with van der Waals surface area (Å²) in [6, 6.07) is 91.9. The van der Waals surface area contributed by atoms with Gasteiger partial charge in [-0.3, -0.25) is 0 Å².